The summed E-state index contributed by atoms with van der Waals surface area (Å²) in [7, 11) is 0. The lowest BCUT2D eigenvalue weighted by atomic mass is 10.0. The van der Waals surface area contributed by atoms with E-state index in [2.05, 4.69) is 94.8 Å². The highest BCUT2D eigenvalue weighted by molar-refractivity contribution is 14.1. The Morgan fingerprint density at radius 3 is 2.42 bits per heavy atom. The number of anilines is 1. The number of halogens is 1. The van der Waals surface area contributed by atoms with E-state index in [-0.39, 0.29) is 0 Å². The molecule has 0 bridgehead atoms. The molecule has 3 rings (SSSR count). The Morgan fingerprint density at radius 1 is 1.00 bits per heavy atom. The zero-order chi connectivity index (χ0) is 13.2. The summed E-state index contributed by atoms with van der Waals surface area (Å²) in [6.07, 6.45) is 0. The molecule has 0 radical (unpaired) electrons. The van der Waals surface area contributed by atoms with Gasteiger partial charge in [0.25, 0.3) is 0 Å². The van der Waals surface area contributed by atoms with Crippen molar-refractivity contribution < 1.29 is 0 Å². The normalized spacial score (nSPS) is 14.3. The molecule has 1 nitrogen and oxygen atoms in total. The van der Waals surface area contributed by atoms with Crippen molar-refractivity contribution in [2.75, 3.05) is 4.90 Å². The van der Waals surface area contributed by atoms with E-state index in [4.69, 9.17) is 0 Å². The second kappa shape index (κ2) is 5.26. The number of nitrogens with zero attached hydrogens (tertiary/aromatic N) is 1. The molecule has 0 spiro atoms. The number of alkyl halides is 1. The van der Waals surface area contributed by atoms with Gasteiger partial charge in [0, 0.05) is 17.7 Å². The van der Waals surface area contributed by atoms with E-state index in [1.807, 2.05) is 0 Å². The average Bonchev–Trinajstić information content (AvgIpc) is 2.41. The van der Waals surface area contributed by atoms with Gasteiger partial charge < -0.3 is 4.90 Å². The molecule has 1 atom stereocenters. The zero-order valence-electron chi connectivity index (χ0n) is 10.7. The third kappa shape index (κ3) is 2.48. The van der Waals surface area contributed by atoms with Gasteiger partial charge in [-0.15, -0.1) is 0 Å². The molecule has 1 aliphatic rings. The Kier molecular flexibility index (Phi) is 3.48. The van der Waals surface area contributed by atoms with Crippen LogP contribution < -0.4 is 4.90 Å². The fraction of sp³-hybridized carbons (Fsp3) is 0.176. The van der Waals surface area contributed by atoms with Crippen molar-refractivity contribution in [3.8, 4) is 11.8 Å². The van der Waals surface area contributed by atoms with E-state index in [9.17, 15) is 0 Å². The quantitative estimate of drug-likeness (QED) is 0.320. The molecule has 2 aromatic rings. The number of benzene rings is 2. The number of hydrogen-bond acceptors (Lipinski definition) is 1. The van der Waals surface area contributed by atoms with Gasteiger partial charge in [0.05, 0.1) is 9.74 Å². The Balaban J connectivity index is 2.20. The predicted octanol–water partition coefficient (Wildman–Crippen LogP) is 4.19. The van der Waals surface area contributed by atoms with Crippen LogP contribution in [0.15, 0.2) is 48.5 Å². The fourth-order valence-electron chi connectivity index (χ4n) is 2.33. The van der Waals surface area contributed by atoms with E-state index in [0.717, 1.165) is 17.7 Å². The second-order valence-electron chi connectivity index (χ2n) is 4.63. The summed E-state index contributed by atoms with van der Waals surface area (Å²) in [5.74, 6) is 6.61. The SMILES string of the molecule is CC(I)N1Cc2ccccc2C#Cc2ccccc21. The Labute approximate surface area is 127 Å². The molecule has 1 unspecified atom stereocenters. The largest absolute Gasteiger partial charge is 0.355 e. The molecule has 1 aliphatic heterocycles. The van der Waals surface area contributed by atoms with Crippen LogP contribution in [0, 0.1) is 11.8 Å². The first-order valence-electron chi connectivity index (χ1n) is 6.35. The molecule has 0 fully saturated rings. The third-order valence-electron chi connectivity index (χ3n) is 3.33. The molecule has 2 aromatic carbocycles. The van der Waals surface area contributed by atoms with Gasteiger partial charge in [-0.05, 0) is 30.7 Å². The molecule has 0 N–H and O–H groups in total. The van der Waals surface area contributed by atoms with E-state index in [0.29, 0.717) is 4.05 Å². The van der Waals surface area contributed by atoms with Crippen molar-refractivity contribution in [3.63, 3.8) is 0 Å². The number of rotatable bonds is 1. The van der Waals surface area contributed by atoms with Crippen LogP contribution in [0.1, 0.15) is 23.6 Å². The standard InChI is InChI=1S/C17H14IN/c1-13(18)19-12-16-8-3-2-6-14(16)10-11-15-7-4-5-9-17(15)19/h2-9,13H,12H2,1H3. The average molecular weight is 359 g/mol. The third-order valence-corrected chi connectivity index (χ3v) is 4.01. The van der Waals surface area contributed by atoms with Crippen LogP contribution in [-0.2, 0) is 6.54 Å². The Hall–Kier alpha value is -1.47. The number of para-hydroxylation sites is 1. The van der Waals surface area contributed by atoms with Crippen molar-refractivity contribution >= 4 is 28.3 Å². The predicted molar refractivity (Wildman–Crippen MR) is 88.5 cm³/mol. The Bertz CT molecular complexity index is 664. The molecular weight excluding hydrogens is 345 g/mol. The molecule has 19 heavy (non-hydrogen) atoms. The van der Waals surface area contributed by atoms with Gasteiger partial charge in [-0.2, -0.15) is 0 Å². The van der Waals surface area contributed by atoms with Crippen molar-refractivity contribution in [3.05, 3.63) is 65.2 Å². The maximum absolute atomic E-state index is 3.31. The minimum absolute atomic E-state index is 0.423. The van der Waals surface area contributed by atoms with Crippen LogP contribution >= 0.6 is 22.6 Å². The summed E-state index contributed by atoms with van der Waals surface area (Å²) in [4.78, 5) is 2.41. The topological polar surface area (TPSA) is 3.24 Å². The molecule has 1 heterocycles. The zero-order valence-corrected chi connectivity index (χ0v) is 12.9. The molecule has 2 heteroatoms. The fourth-order valence-corrected chi connectivity index (χ4v) is 2.83. The van der Waals surface area contributed by atoms with Gasteiger partial charge in [-0.3, -0.25) is 0 Å². The molecule has 0 aliphatic carbocycles. The van der Waals surface area contributed by atoms with Crippen LogP contribution in [0.5, 0.6) is 0 Å². The van der Waals surface area contributed by atoms with Gasteiger partial charge in [0.1, 0.15) is 0 Å². The van der Waals surface area contributed by atoms with E-state index >= 15 is 0 Å². The monoisotopic (exact) mass is 359 g/mol. The van der Waals surface area contributed by atoms with E-state index in [1.165, 1.54) is 11.3 Å². The highest BCUT2D eigenvalue weighted by Crippen LogP contribution is 2.28. The van der Waals surface area contributed by atoms with E-state index in [1.54, 1.807) is 0 Å². The molecule has 0 saturated carbocycles. The first-order valence-corrected chi connectivity index (χ1v) is 7.60. The summed E-state index contributed by atoms with van der Waals surface area (Å²) in [5, 5.41) is 0. The van der Waals surface area contributed by atoms with Crippen LogP contribution in [0.3, 0.4) is 0 Å². The van der Waals surface area contributed by atoms with Crippen LogP contribution in [0.25, 0.3) is 0 Å². The summed E-state index contributed by atoms with van der Waals surface area (Å²) in [6, 6.07) is 16.8. The number of hydrogen-bond donors (Lipinski definition) is 0. The van der Waals surface area contributed by atoms with Crippen LogP contribution in [0.4, 0.5) is 5.69 Å². The summed E-state index contributed by atoms with van der Waals surface area (Å²) >= 11 is 2.46. The lowest BCUT2D eigenvalue weighted by Crippen LogP contribution is -2.29. The first-order chi connectivity index (χ1) is 9.25. The van der Waals surface area contributed by atoms with Crippen molar-refractivity contribution in [2.24, 2.45) is 0 Å². The van der Waals surface area contributed by atoms with E-state index < -0.39 is 0 Å². The molecule has 0 saturated heterocycles. The van der Waals surface area contributed by atoms with Gasteiger partial charge in [-0.1, -0.05) is 64.8 Å². The van der Waals surface area contributed by atoms with Crippen molar-refractivity contribution in [2.45, 2.75) is 17.5 Å². The summed E-state index contributed by atoms with van der Waals surface area (Å²) < 4.78 is 0.423. The molecule has 0 amide bonds. The minimum atomic E-state index is 0.423. The smallest absolute Gasteiger partial charge is 0.0785 e. The minimum Gasteiger partial charge on any atom is -0.355 e. The van der Waals surface area contributed by atoms with Gasteiger partial charge in [-0.25, -0.2) is 0 Å². The van der Waals surface area contributed by atoms with Gasteiger partial charge in [0.15, 0.2) is 0 Å². The second-order valence-corrected chi connectivity index (χ2v) is 6.43. The Morgan fingerprint density at radius 2 is 1.63 bits per heavy atom. The highest BCUT2D eigenvalue weighted by Gasteiger charge is 2.17. The maximum atomic E-state index is 3.31. The van der Waals surface area contributed by atoms with Gasteiger partial charge in [0.2, 0.25) is 0 Å². The molecule has 94 valence electrons. The van der Waals surface area contributed by atoms with Crippen LogP contribution in [-0.4, -0.2) is 4.05 Å². The van der Waals surface area contributed by atoms with Crippen molar-refractivity contribution in [1.29, 1.82) is 0 Å². The maximum Gasteiger partial charge on any atom is 0.0785 e. The number of fused-ring (bicyclic) bond motifs is 2. The lowest BCUT2D eigenvalue weighted by Gasteiger charge is -2.30. The van der Waals surface area contributed by atoms with Crippen LogP contribution in [0.2, 0.25) is 0 Å². The molecule has 0 aromatic heterocycles. The lowest BCUT2D eigenvalue weighted by molar-refractivity contribution is 0.808. The molecular formula is C17H14IN. The first kappa shape index (κ1) is 12.6. The highest BCUT2D eigenvalue weighted by atomic mass is 127. The summed E-state index contributed by atoms with van der Waals surface area (Å²) in [6.45, 7) is 3.13. The van der Waals surface area contributed by atoms with Gasteiger partial charge >= 0.3 is 0 Å². The summed E-state index contributed by atoms with van der Waals surface area (Å²) in [5.41, 5.74) is 4.78. The van der Waals surface area contributed by atoms with Crippen molar-refractivity contribution in [1.82, 2.24) is 0 Å².